The Morgan fingerprint density at radius 1 is 1.28 bits per heavy atom. The second-order valence-electron chi connectivity index (χ2n) is 6.19. The van der Waals surface area contributed by atoms with Gasteiger partial charge >= 0.3 is 0 Å². The molecule has 0 spiro atoms. The van der Waals surface area contributed by atoms with E-state index in [0.29, 0.717) is 12.8 Å². The lowest BCUT2D eigenvalue weighted by Gasteiger charge is -2.23. The van der Waals surface area contributed by atoms with Crippen molar-refractivity contribution in [2.24, 2.45) is 0 Å². The van der Waals surface area contributed by atoms with Gasteiger partial charge in [0.25, 0.3) is 0 Å². The van der Waals surface area contributed by atoms with E-state index in [1.165, 1.54) is 0 Å². The number of aryl methyl sites for hydroxylation is 1. The number of fused-ring (bicyclic) bond motifs is 2. The van der Waals surface area contributed by atoms with Crippen molar-refractivity contribution < 1.29 is 9.47 Å². The zero-order valence-electron chi connectivity index (χ0n) is 13.5. The normalized spacial score (nSPS) is 18.3. The van der Waals surface area contributed by atoms with Gasteiger partial charge in [-0.1, -0.05) is 0 Å². The molecule has 0 saturated heterocycles. The summed E-state index contributed by atoms with van der Waals surface area (Å²) >= 11 is 1.65. The molecule has 0 amide bonds. The van der Waals surface area contributed by atoms with Gasteiger partial charge < -0.3 is 14.8 Å². The van der Waals surface area contributed by atoms with E-state index in [1.54, 1.807) is 17.7 Å². The van der Waals surface area contributed by atoms with Crippen LogP contribution in [0.2, 0.25) is 0 Å². The van der Waals surface area contributed by atoms with Crippen molar-refractivity contribution in [2.75, 3.05) is 6.79 Å². The number of aromatic nitrogens is 4. The summed E-state index contributed by atoms with van der Waals surface area (Å²) < 4.78 is 12.8. The Labute approximate surface area is 148 Å². The Bertz CT molecular complexity index is 906. The molecular formula is C17H17N5O2S. The van der Waals surface area contributed by atoms with E-state index >= 15 is 0 Å². The highest BCUT2D eigenvalue weighted by Gasteiger charge is 2.20. The number of nitrogens with one attached hydrogen (secondary N) is 1. The number of benzene rings is 1. The zero-order chi connectivity index (χ0) is 16.6. The molecule has 1 N–H and O–H groups in total. The summed E-state index contributed by atoms with van der Waals surface area (Å²) in [5, 5.41) is 11.0. The first kappa shape index (κ1) is 14.9. The molecule has 1 aromatic carbocycles. The molecule has 25 heavy (non-hydrogen) atoms. The minimum absolute atomic E-state index is 0.292. The Morgan fingerprint density at radius 3 is 3.24 bits per heavy atom. The zero-order valence-corrected chi connectivity index (χ0v) is 14.3. The number of hydrogen-bond donors (Lipinski definition) is 1. The van der Waals surface area contributed by atoms with E-state index in [9.17, 15) is 0 Å². The van der Waals surface area contributed by atoms with Crippen LogP contribution in [0.3, 0.4) is 0 Å². The molecule has 2 aliphatic rings. The van der Waals surface area contributed by atoms with Gasteiger partial charge in [-0.3, -0.25) is 0 Å². The third kappa shape index (κ3) is 2.87. The summed E-state index contributed by atoms with van der Waals surface area (Å²) in [6.45, 7) is 1.92. The summed E-state index contributed by atoms with van der Waals surface area (Å²) in [6, 6.07) is 6.36. The van der Waals surface area contributed by atoms with Crippen molar-refractivity contribution in [3.8, 4) is 22.1 Å². The monoisotopic (exact) mass is 355 g/mol. The molecule has 2 aromatic heterocycles. The van der Waals surface area contributed by atoms with Crippen LogP contribution in [0.25, 0.3) is 10.6 Å². The van der Waals surface area contributed by atoms with Crippen LogP contribution >= 0.6 is 11.3 Å². The van der Waals surface area contributed by atoms with Crippen molar-refractivity contribution in [2.45, 2.75) is 32.0 Å². The van der Waals surface area contributed by atoms with E-state index in [2.05, 4.69) is 20.8 Å². The van der Waals surface area contributed by atoms with Gasteiger partial charge in [-0.05, 0) is 24.6 Å². The first-order valence-corrected chi connectivity index (χ1v) is 9.17. The SMILES string of the molecule is c1nc2n(n1)CC(NCc1csc(-c3ccc4c(c3)OCO4)n1)CC2. The van der Waals surface area contributed by atoms with Crippen LogP contribution in [0, 0.1) is 0 Å². The van der Waals surface area contributed by atoms with Crippen molar-refractivity contribution in [1.29, 1.82) is 0 Å². The van der Waals surface area contributed by atoms with E-state index in [4.69, 9.17) is 14.5 Å². The Kier molecular flexibility index (Phi) is 3.64. The molecule has 5 rings (SSSR count). The highest BCUT2D eigenvalue weighted by Crippen LogP contribution is 2.36. The lowest BCUT2D eigenvalue weighted by Crippen LogP contribution is -2.37. The minimum Gasteiger partial charge on any atom is -0.454 e. The fraction of sp³-hybridized carbons (Fsp3) is 0.353. The Balaban J connectivity index is 1.25. The number of nitrogens with zero attached hydrogens (tertiary/aromatic N) is 4. The molecule has 3 aromatic rings. The second kappa shape index (κ2) is 6.12. The van der Waals surface area contributed by atoms with Crippen molar-refractivity contribution >= 4 is 11.3 Å². The lowest BCUT2D eigenvalue weighted by atomic mass is 10.1. The molecule has 1 unspecified atom stereocenters. The van der Waals surface area contributed by atoms with Crippen LogP contribution < -0.4 is 14.8 Å². The Morgan fingerprint density at radius 2 is 2.24 bits per heavy atom. The van der Waals surface area contributed by atoms with Gasteiger partial charge in [-0.25, -0.2) is 14.6 Å². The maximum Gasteiger partial charge on any atom is 0.231 e. The van der Waals surface area contributed by atoms with Gasteiger partial charge in [0.05, 0.1) is 12.2 Å². The number of rotatable bonds is 4. The van der Waals surface area contributed by atoms with E-state index in [1.807, 2.05) is 22.9 Å². The largest absolute Gasteiger partial charge is 0.454 e. The van der Waals surface area contributed by atoms with E-state index in [0.717, 1.165) is 59.5 Å². The fourth-order valence-corrected chi connectivity index (χ4v) is 4.02. The highest BCUT2D eigenvalue weighted by atomic mass is 32.1. The van der Waals surface area contributed by atoms with Crippen LogP contribution in [-0.4, -0.2) is 32.6 Å². The third-order valence-corrected chi connectivity index (χ3v) is 5.49. The molecule has 0 saturated carbocycles. The van der Waals surface area contributed by atoms with Gasteiger partial charge in [0, 0.05) is 30.0 Å². The topological polar surface area (TPSA) is 74.1 Å². The van der Waals surface area contributed by atoms with Gasteiger partial charge in [-0.15, -0.1) is 11.3 Å². The van der Waals surface area contributed by atoms with Crippen LogP contribution in [0.1, 0.15) is 17.9 Å². The van der Waals surface area contributed by atoms with Crippen molar-refractivity contribution in [1.82, 2.24) is 25.1 Å². The fourth-order valence-electron chi connectivity index (χ4n) is 3.20. The van der Waals surface area contributed by atoms with Crippen LogP contribution in [-0.2, 0) is 19.5 Å². The Hall–Kier alpha value is -2.45. The standard InChI is InChI=1S/C17H17N5O2S/c1-3-14-15(24-10-23-14)5-11(1)17-21-13(8-25-17)6-18-12-2-4-16-19-9-20-22(16)7-12/h1,3,5,8-9,12,18H,2,4,6-7,10H2. The molecule has 1 atom stereocenters. The molecule has 128 valence electrons. The highest BCUT2D eigenvalue weighted by molar-refractivity contribution is 7.13. The summed E-state index contributed by atoms with van der Waals surface area (Å²) in [5.74, 6) is 2.67. The first-order valence-electron chi connectivity index (χ1n) is 8.30. The molecule has 0 fully saturated rings. The van der Waals surface area contributed by atoms with Gasteiger partial charge in [0.2, 0.25) is 6.79 Å². The number of hydrogen-bond acceptors (Lipinski definition) is 7. The molecular weight excluding hydrogens is 338 g/mol. The van der Waals surface area contributed by atoms with Gasteiger partial charge in [0.15, 0.2) is 11.5 Å². The molecule has 0 radical (unpaired) electrons. The summed E-state index contributed by atoms with van der Waals surface area (Å²) in [5.41, 5.74) is 2.12. The average molecular weight is 355 g/mol. The van der Waals surface area contributed by atoms with Crippen molar-refractivity contribution in [3.05, 3.63) is 41.4 Å². The summed E-state index contributed by atoms with van der Waals surface area (Å²) in [7, 11) is 0. The predicted octanol–water partition coefficient (Wildman–Crippen LogP) is 2.23. The third-order valence-electron chi connectivity index (χ3n) is 4.55. The molecule has 0 aliphatic carbocycles. The van der Waals surface area contributed by atoms with Crippen LogP contribution in [0.4, 0.5) is 0 Å². The first-order chi connectivity index (χ1) is 12.3. The molecule has 8 heteroatoms. The summed E-state index contributed by atoms with van der Waals surface area (Å²) in [4.78, 5) is 9.01. The van der Waals surface area contributed by atoms with Crippen LogP contribution in [0.15, 0.2) is 29.9 Å². The molecule has 2 aliphatic heterocycles. The number of thiazole rings is 1. The molecule has 4 heterocycles. The molecule has 7 nitrogen and oxygen atoms in total. The van der Waals surface area contributed by atoms with Gasteiger partial charge in [-0.2, -0.15) is 5.10 Å². The number of ether oxygens (including phenoxy) is 2. The molecule has 0 bridgehead atoms. The van der Waals surface area contributed by atoms with E-state index < -0.39 is 0 Å². The second-order valence-corrected chi connectivity index (χ2v) is 7.05. The maximum atomic E-state index is 5.45. The van der Waals surface area contributed by atoms with Gasteiger partial charge in [0.1, 0.15) is 17.2 Å². The lowest BCUT2D eigenvalue weighted by molar-refractivity contribution is 0.174. The average Bonchev–Trinajstić information content (AvgIpc) is 3.38. The maximum absolute atomic E-state index is 5.45. The quantitative estimate of drug-likeness (QED) is 0.774. The minimum atomic E-state index is 0.292. The van der Waals surface area contributed by atoms with E-state index in [-0.39, 0.29) is 0 Å². The summed E-state index contributed by atoms with van der Waals surface area (Å²) in [6.07, 6.45) is 3.69. The predicted molar refractivity (Wildman–Crippen MR) is 92.6 cm³/mol. The van der Waals surface area contributed by atoms with Crippen LogP contribution in [0.5, 0.6) is 11.5 Å². The smallest absolute Gasteiger partial charge is 0.231 e. The van der Waals surface area contributed by atoms with Crippen molar-refractivity contribution in [3.63, 3.8) is 0 Å².